The van der Waals surface area contributed by atoms with E-state index in [0.717, 1.165) is 13.2 Å². The second-order valence-electron chi connectivity index (χ2n) is 5.08. The lowest BCUT2D eigenvalue weighted by molar-refractivity contribution is 0.0383. The van der Waals surface area contributed by atoms with Crippen molar-refractivity contribution in [3.63, 3.8) is 0 Å². The molecule has 2 unspecified atom stereocenters. The molecule has 0 fully saturated rings. The molecule has 0 spiro atoms. The Bertz CT molecular complexity index is 546. The first-order valence-corrected chi connectivity index (χ1v) is 7.57. The second-order valence-corrected chi connectivity index (χ2v) is 6.03. The van der Waals surface area contributed by atoms with Crippen LogP contribution in [0.2, 0.25) is 0 Å². The lowest BCUT2D eigenvalue weighted by atomic mass is 9.89. The van der Waals surface area contributed by atoms with Gasteiger partial charge in [-0.05, 0) is 36.5 Å². The molecular weight excluding hydrogens is 254 g/mol. The zero-order chi connectivity index (χ0) is 13.2. The highest BCUT2D eigenvalue weighted by molar-refractivity contribution is 7.10. The molecule has 2 nitrogen and oxygen atoms in total. The van der Waals surface area contributed by atoms with Gasteiger partial charge >= 0.3 is 0 Å². The molecule has 1 aromatic heterocycles. The summed E-state index contributed by atoms with van der Waals surface area (Å²) in [6, 6.07) is 11.1. The van der Waals surface area contributed by atoms with E-state index in [0.29, 0.717) is 5.92 Å². The van der Waals surface area contributed by atoms with Crippen molar-refractivity contribution in [1.29, 1.82) is 0 Å². The van der Waals surface area contributed by atoms with Crippen LogP contribution in [-0.2, 0) is 4.74 Å². The number of fused-ring (bicyclic) bond motifs is 1. The first-order chi connectivity index (χ1) is 9.29. The fourth-order valence-corrected chi connectivity index (χ4v) is 3.68. The van der Waals surface area contributed by atoms with Gasteiger partial charge < -0.3 is 10.1 Å². The Morgan fingerprint density at radius 3 is 2.79 bits per heavy atom. The summed E-state index contributed by atoms with van der Waals surface area (Å²) in [6.07, 6.45) is 0.210. The van der Waals surface area contributed by atoms with E-state index in [1.165, 1.54) is 21.6 Å². The Morgan fingerprint density at radius 1 is 1.26 bits per heavy atom. The van der Waals surface area contributed by atoms with E-state index in [1.807, 2.05) is 18.4 Å². The van der Waals surface area contributed by atoms with Gasteiger partial charge in [-0.15, -0.1) is 11.3 Å². The van der Waals surface area contributed by atoms with Gasteiger partial charge in [0.25, 0.3) is 0 Å². The number of rotatable bonds is 3. The van der Waals surface area contributed by atoms with Crippen LogP contribution in [0, 0.1) is 6.92 Å². The molecule has 1 aliphatic heterocycles. The summed E-state index contributed by atoms with van der Waals surface area (Å²) in [7, 11) is 1.97. The fraction of sp³-hybridized carbons (Fsp3) is 0.375. The number of thiophene rings is 1. The van der Waals surface area contributed by atoms with Crippen LogP contribution in [0.5, 0.6) is 0 Å². The van der Waals surface area contributed by atoms with Gasteiger partial charge in [-0.2, -0.15) is 0 Å². The summed E-state index contributed by atoms with van der Waals surface area (Å²) >= 11 is 1.81. The van der Waals surface area contributed by atoms with Crippen molar-refractivity contribution in [2.24, 2.45) is 0 Å². The van der Waals surface area contributed by atoms with Gasteiger partial charge in [-0.1, -0.05) is 29.8 Å². The maximum Gasteiger partial charge on any atom is 0.104 e. The van der Waals surface area contributed by atoms with E-state index in [-0.39, 0.29) is 6.10 Å². The van der Waals surface area contributed by atoms with Crippen LogP contribution in [0.15, 0.2) is 35.7 Å². The van der Waals surface area contributed by atoms with E-state index < -0.39 is 0 Å². The lowest BCUT2D eigenvalue weighted by Gasteiger charge is -2.29. The largest absolute Gasteiger partial charge is 0.370 e. The smallest absolute Gasteiger partial charge is 0.104 e. The van der Waals surface area contributed by atoms with Crippen LogP contribution >= 0.6 is 11.3 Å². The van der Waals surface area contributed by atoms with Gasteiger partial charge in [0.15, 0.2) is 0 Å². The molecule has 3 heteroatoms. The minimum Gasteiger partial charge on any atom is -0.370 e. The first kappa shape index (κ1) is 12.9. The number of likely N-dealkylation sites (N-methyl/N-ethyl adjacent to an activating group) is 1. The van der Waals surface area contributed by atoms with Crippen molar-refractivity contribution >= 4 is 11.3 Å². The maximum absolute atomic E-state index is 6.05. The lowest BCUT2D eigenvalue weighted by Crippen LogP contribution is -2.26. The van der Waals surface area contributed by atoms with Crippen LogP contribution in [-0.4, -0.2) is 20.2 Å². The summed E-state index contributed by atoms with van der Waals surface area (Å²) in [5, 5.41) is 5.40. The third-order valence-corrected chi connectivity index (χ3v) is 4.75. The van der Waals surface area contributed by atoms with Crippen molar-refractivity contribution in [2.45, 2.75) is 18.9 Å². The topological polar surface area (TPSA) is 21.3 Å². The normalized spacial score (nSPS) is 22.2. The molecule has 0 bridgehead atoms. The van der Waals surface area contributed by atoms with Crippen LogP contribution in [0.1, 0.15) is 33.6 Å². The second kappa shape index (κ2) is 5.45. The Kier molecular flexibility index (Phi) is 3.69. The molecule has 2 heterocycles. The highest BCUT2D eigenvalue weighted by Crippen LogP contribution is 2.40. The summed E-state index contributed by atoms with van der Waals surface area (Å²) in [4.78, 5) is 1.38. The highest BCUT2D eigenvalue weighted by atomic mass is 32.1. The molecule has 1 aliphatic rings. The molecule has 19 heavy (non-hydrogen) atoms. The number of ether oxygens (including phenoxy) is 1. The molecule has 100 valence electrons. The summed E-state index contributed by atoms with van der Waals surface area (Å²) in [5.74, 6) is 0.384. The average Bonchev–Trinajstić information content (AvgIpc) is 2.90. The van der Waals surface area contributed by atoms with Crippen LogP contribution in [0.3, 0.4) is 0 Å². The van der Waals surface area contributed by atoms with Gasteiger partial charge in [-0.25, -0.2) is 0 Å². The monoisotopic (exact) mass is 273 g/mol. The molecule has 3 rings (SSSR count). The average molecular weight is 273 g/mol. The van der Waals surface area contributed by atoms with Crippen LogP contribution < -0.4 is 5.32 Å². The third-order valence-electron chi connectivity index (χ3n) is 3.73. The Labute approximate surface area is 118 Å². The highest BCUT2D eigenvalue weighted by Gasteiger charge is 2.29. The van der Waals surface area contributed by atoms with Crippen molar-refractivity contribution in [2.75, 3.05) is 20.2 Å². The van der Waals surface area contributed by atoms with Gasteiger partial charge in [0, 0.05) is 17.3 Å². The van der Waals surface area contributed by atoms with Crippen molar-refractivity contribution in [3.8, 4) is 0 Å². The zero-order valence-electron chi connectivity index (χ0n) is 11.3. The van der Waals surface area contributed by atoms with Crippen LogP contribution in [0.25, 0.3) is 0 Å². The molecule has 0 aliphatic carbocycles. The summed E-state index contributed by atoms with van der Waals surface area (Å²) < 4.78 is 6.05. The zero-order valence-corrected chi connectivity index (χ0v) is 12.2. The van der Waals surface area contributed by atoms with Crippen molar-refractivity contribution in [3.05, 3.63) is 57.3 Å². The number of nitrogens with one attached hydrogen (secondary N) is 1. The van der Waals surface area contributed by atoms with Crippen molar-refractivity contribution in [1.82, 2.24) is 5.32 Å². The Balaban J connectivity index is 1.93. The van der Waals surface area contributed by atoms with Crippen LogP contribution in [0.4, 0.5) is 0 Å². The Hall–Kier alpha value is -1.16. The van der Waals surface area contributed by atoms with Gasteiger partial charge in [-0.3, -0.25) is 0 Å². The van der Waals surface area contributed by atoms with E-state index in [2.05, 4.69) is 48.0 Å². The van der Waals surface area contributed by atoms with Gasteiger partial charge in [0.2, 0.25) is 0 Å². The quantitative estimate of drug-likeness (QED) is 0.924. The third kappa shape index (κ3) is 2.46. The van der Waals surface area contributed by atoms with E-state index >= 15 is 0 Å². The number of hydrogen-bond acceptors (Lipinski definition) is 3. The summed E-state index contributed by atoms with van der Waals surface area (Å²) in [6.45, 7) is 3.79. The van der Waals surface area contributed by atoms with E-state index in [1.54, 1.807) is 0 Å². The molecule has 2 atom stereocenters. The first-order valence-electron chi connectivity index (χ1n) is 6.69. The molecule has 0 radical (unpaired) electrons. The molecule has 0 amide bonds. The van der Waals surface area contributed by atoms with Gasteiger partial charge in [0.05, 0.1) is 6.61 Å². The minimum atomic E-state index is 0.210. The molecule has 1 aromatic carbocycles. The van der Waals surface area contributed by atoms with Gasteiger partial charge in [0.1, 0.15) is 6.10 Å². The standard InChI is InChI=1S/C16H19NOS/c1-11-3-5-12(6-4-11)14-10-18-15(9-17-2)16-13(14)7-8-19-16/h3-8,14-15,17H,9-10H2,1-2H3. The predicted molar refractivity (Wildman–Crippen MR) is 80.0 cm³/mol. The fourth-order valence-electron chi connectivity index (χ4n) is 2.67. The number of aryl methyl sites for hydroxylation is 1. The number of benzene rings is 1. The molecular formula is C16H19NOS. The minimum absolute atomic E-state index is 0.210. The SMILES string of the molecule is CNCC1OCC(c2ccc(C)cc2)c2ccsc21. The molecule has 1 N–H and O–H groups in total. The number of hydrogen-bond donors (Lipinski definition) is 1. The van der Waals surface area contributed by atoms with E-state index in [4.69, 9.17) is 4.74 Å². The van der Waals surface area contributed by atoms with E-state index in [9.17, 15) is 0 Å². The molecule has 0 saturated heterocycles. The predicted octanol–water partition coefficient (Wildman–Crippen LogP) is 3.48. The maximum atomic E-state index is 6.05. The Morgan fingerprint density at radius 2 is 2.05 bits per heavy atom. The molecule has 2 aromatic rings. The van der Waals surface area contributed by atoms with Crippen molar-refractivity contribution < 1.29 is 4.74 Å². The molecule has 0 saturated carbocycles. The summed E-state index contributed by atoms with van der Waals surface area (Å²) in [5.41, 5.74) is 4.10.